The molecular formula is C16H16N2OS2. The van der Waals surface area contributed by atoms with Crippen LogP contribution in [-0.4, -0.2) is 16.5 Å². The van der Waals surface area contributed by atoms with Gasteiger partial charge in [-0.05, 0) is 32.4 Å². The van der Waals surface area contributed by atoms with Gasteiger partial charge in [0.25, 0.3) is 0 Å². The van der Waals surface area contributed by atoms with Gasteiger partial charge in [-0.2, -0.15) is 5.26 Å². The van der Waals surface area contributed by atoms with E-state index in [1.807, 2.05) is 38.3 Å². The number of nitrogens with zero attached hydrogens (tertiary/aromatic N) is 2. The van der Waals surface area contributed by atoms with Gasteiger partial charge >= 0.3 is 0 Å². The van der Waals surface area contributed by atoms with Crippen LogP contribution in [0, 0.1) is 32.1 Å². The highest BCUT2D eigenvalue weighted by atomic mass is 32.2. The van der Waals surface area contributed by atoms with Gasteiger partial charge in [0.05, 0.1) is 11.8 Å². The minimum absolute atomic E-state index is 0.0863. The summed E-state index contributed by atoms with van der Waals surface area (Å²) < 4.78 is 0. The maximum absolute atomic E-state index is 12.3. The number of carbonyl (C=O) groups is 1. The van der Waals surface area contributed by atoms with Crippen molar-refractivity contribution >= 4 is 28.9 Å². The molecule has 0 amide bonds. The lowest BCUT2D eigenvalue weighted by molar-refractivity contribution is -0.116. The predicted octanol–water partition coefficient (Wildman–Crippen LogP) is 4.04. The number of hydrogen-bond acceptors (Lipinski definition) is 5. The zero-order chi connectivity index (χ0) is 15.4. The lowest BCUT2D eigenvalue weighted by atomic mass is 10.1. The monoisotopic (exact) mass is 316 g/mol. The molecule has 0 bridgehead atoms. The fraction of sp³-hybridized carbons (Fsp3) is 0.312. The third-order valence-corrected chi connectivity index (χ3v) is 5.26. The first-order chi connectivity index (χ1) is 10.0. The third-order valence-electron chi connectivity index (χ3n) is 3.04. The molecule has 0 aliphatic heterocycles. The fourth-order valence-electron chi connectivity index (χ4n) is 1.96. The summed E-state index contributed by atoms with van der Waals surface area (Å²) in [6.45, 7) is 5.94. The number of thioether (sulfide) groups is 1. The summed E-state index contributed by atoms with van der Waals surface area (Å²) in [5, 5.41) is 11.7. The summed E-state index contributed by atoms with van der Waals surface area (Å²) in [5.41, 5.74) is 3.22. The van der Waals surface area contributed by atoms with E-state index in [4.69, 9.17) is 0 Å². The molecule has 0 aliphatic rings. The molecule has 2 rings (SSSR count). The highest BCUT2D eigenvalue weighted by molar-refractivity contribution is 8.00. The van der Waals surface area contributed by atoms with E-state index >= 15 is 0 Å². The highest BCUT2D eigenvalue weighted by Crippen LogP contribution is 2.27. The minimum atomic E-state index is -0.748. The Labute approximate surface area is 133 Å². The van der Waals surface area contributed by atoms with Gasteiger partial charge in [0.15, 0.2) is 11.7 Å². The molecule has 108 valence electrons. The van der Waals surface area contributed by atoms with Gasteiger partial charge in [-0.1, -0.05) is 17.7 Å². The molecule has 0 saturated heterocycles. The van der Waals surface area contributed by atoms with Crippen LogP contribution in [0.3, 0.4) is 0 Å². The van der Waals surface area contributed by atoms with Crippen molar-refractivity contribution in [2.24, 2.45) is 0 Å². The molecule has 1 aromatic heterocycles. The predicted molar refractivity (Wildman–Crippen MR) is 86.9 cm³/mol. The molecule has 0 fully saturated rings. The maximum atomic E-state index is 12.3. The van der Waals surface area contributed by atoms with Crippen LogP contribution >= 0.6 is 23.1 Å². The largest absolute Gasteiger partial charge is 0.297 e. The van der Waals surface area contributed by atoms with Gasteiger partial charge < -0.3 is 0 Å². The van der Waals surface area contributed by atoms with E-state index in [2.05, 4.69) is 17.1 Å². The lowest BCUT2D eigenvalue weighted by Crippen LogP contribution is -2.13. The Morgan fingerprint density at radius 1 is 1.43 bits per heavy atom. The number of ketones is 1. The average molecular weight is 316 g/mol. The van der Waals surface area contributed by atoms with Crippen LogP contribution in [0.4, 0.5) is 0 Å². The van der Waals surface area contributed by atoms with Crippen molar-refractivity contribution < 1.29 is 4.79 Å². The van der Waals surface area contributed by atoms with Gasteiger partial charge in [-0.25, -0.2) is 4.98 Å². The van der Waals surface area contributed by atoms with Crippen LogP contribution in [0.2, 0.25) is 0 Å². The van der Waals surface area contributed by atoms with E-state index in [1.54, 1.807) is 0 Å². The molecule has 1 heterocycles. The number of hydrogen-bond donors (Lipinski definition) is 0. The van der Waals surface area contributed by atoms with Crippen molar-refractivity contribution in [3.63, 3.8) is 0 Å². The summed E-state index contributed by atoms with van der Waals surface area (Å²) in [5.74, 6) is -0.542. The molecule has 1 aromatic carbocycles. The number of benzene rings is 1. The molecule has 1 atom stereocenters. The third kappa shape index (κ3) is 3.93. The van der Waals surface area contributed by atoms with E-state index in [-0.39, 0.29) is 5.78 Å². The van der Waals surface area contributed by atoms with Gasteiger partial charge in [-0.15, -0.1) is 23.1 Å². The molecule has 3 nitrogen and oxygen atoms in total. The topological polar surface area (TPSA) is 53.8 Å². The first-order valence-electron chi connectivity index (χ1n) is 6.55. The first kappa shape index (κ1) is 15.7. The molecule has 0 saturated carbocycles. The number of Topliss-reactive ketones (excluding diaryl/α,β-unsaturated/α-hetero) is 1. The molecule has 5 heteroatoms. The summed E-state index contributed by atoms with van der Waals surface area (Å²) in [6, 6.07) is 8.23. The number of carbonyl (C=O) groups excluding carboxylic acids is 1. The summed E-state index contributed by atoms with van der Waals surface area (Å²) in [7, 11) is 0. The van der Waals surface area contributed by atoms with Crippen LogP contribution in [0.1, 0.15) is 27.7 Å². The second-order valence-electron chi connectivity index (χ2n) is 4.91. The molecule has 2 aromatic rings. The van der Waals surface area contributed by atoms with E-state index in [0.717, 1.165) is 16.2 Å². The van der Waals surface area contributed by atoms with Crippen molar-refractivity contribution in [2.75, 3.05) is 5.75 Å². The van der Waals surface area contributed by atoms with Crippen LogP contribution in [0.25, 0.3) is 0 Å². The Bertz CT molecular complexity index is 701. The number of aryl methyl sites for hydroxylation is 3. The quantitative estimate of drug-likeness (QED) is 0.781. The van der Waals surface area contributed by atoms with E-state index in [9.17, 15) is 10.1 Å². The average Bonchev–Trinajstić information content (AvgIpc) is 2.85. The van der Waals surface area contributed by atoms with Crippen molar-refractivity contribution in [1.29, 1.82) is 5.26 Å². The Kier molecular flexibility index (Phi) is 5.16. The van der Waals surface area contributed by atoms with E-state index in [0.29, 0.717) is 10.8 Å². The van der Waals surface area contributed by atoms with Gasteiger partial charge in [0.2, 0.25) is 0 Å². The first-order valence-corrected chi connectivity index (χ1v) is 8.42. The molecule has 0 unspecified atom stereocenters. The molecule has 21 heavy (non-hydrogen) atoms. The Balaban J connectivity index is 2.05. The Morgan fingerprint density at radius 3 is 2.76 bits per heavy atom. The maximum Gasteiger partial charge on any atom is 0.167 e. The number of thiazole rings is 1. The SMILES string of the molecule is Cc1ccc(SCC(=O)[C@H](C#N)c2nc(C)cs2)c(C)c1. The van der Waals surface area contributed by atoms with Crippen molar-refractivity contribution in [2.45, 2.75) is 31.6 Å². The van der Waals surface area contributed by atoms with Crippen molar-refractivity contribution in [3.8, 4) is 6.07 Å². The van der Waals surface area contributed by atoms with Crippen molar-refractivity contribution in [1.82, 2.24) is 4.98 Å². The second-order valence-corrected chi connectivity index (χ2v) is 6.82. The molecular weight excluding hydrogens is 300 g/mol. The van der Waals surface area contributed by atoms with E-state index < -0.39 is 5.92 Å². The number of nitriles is 1. The zero-order valence-corrected chi connectivity index (χ0v) is 13.8. The Hall–Kier alpha value is -1.64. The molecule has 0 spiro atoms. The normalized spacial score (nSPS) is 11.9. The van der Waals surface area contributed by atoms with Crippen molar-refractivity contribution in [3.05, 3.63) is 45.4 Å². The zero-order valence-electron chi connectivity index (χ0n) is 12.2. The summed E-state index contributed by atoms with van der Waals surface area (Å²) in [6.07, 6.45) is 0. The standard InChI is InChI=1S/C16H16N2OS2/c1-10-4-5-15(11(2)6-10)20-9-14(19)13(7-17)16-18-12(3)8-21-16/h4-6,8,13H,9H2,1-3H3/t13-/m0/s1. The molecule has 0 aliphatic carbocycles. The highest BCUT2D eigenvalue weighted by Gasteiger charge is 2.23. The van der Waals surface area contributed by atoms with Crippen LogP contribution in [-0.2, 0) is 4.79 Å². The van der Waals surface area contributed by atoms with Gasteiger partial charge in [-0.3, -0.25) is 4.79 Å². The second kappa shape index (κ2) is 6.88. The van der Waals surface area contributed by atoms with E-state index in [1.165, 1.54) is 28.7 Å². The fourth-order valence-corrected chi connectivity index (χ4v) is 3.74. The van der Waals surface area contributed by atoms with Crippen LogP contribution in [0.15, 0.2) is 28.5 Å². The lowest BCUT2D eigenvalue weighted by Gasteiger charge is -2.08. The van der Waals surface area contributed by atoms with Gasteiger partial charge in [0, 0.05) is 16.0 Å². The van der Waals surface area contributed by atoms with Crippen LogP contribution < -0.4 is 0 Å². The summed E-state index contributed by atoms with van der Waals surface area (Å²) >= 11 is 2.86. The van der Waals surface area contributed by atoms with Crippen LogP contribution in [0.5, 0.6) is 0 Å². The number of aromatic nitrogens is 1. The summed E-state index contributed by atoms with van der Waals surface area (Å²) in [4.78, 5) is 17.6. The molecule has 0 N–H and O–H groups in total. The minimum Gasteiger partial charge on any atom is -0.297 e. The number of rotatable bonds is 5. The molecule has 0 radical (unpaired) electrons. The smallest absolute Gasteiger partial charge is 0.167 e. The van der Waals surface area contributed by atoms with Gasteiger partial charge in [0.1, 0.15) is 5.01 Å². The Morgan fingerprint density at radius 2 is 2.19 bits per heavy atom.